The molecule has 0 aliphatic carbocycles. The molecule has 0 fully saturated rings. The summed E-state index contributed by atoms with van der Waals surface area (Å²) in [7, 11) is 0. The van der Waals surface area contributed by atoms with Crippen LogP contribution in [0.2, 0.25) is 0 Å². The summed E-state index contributed by atoms with van der Waals surface area (Å²) in [4.78, 5) is 16.9. The fourth-order valence-electron chi connectivity index (χ4n) is 2.33. The lowest BCUT2D eigenvalue weighted by atomic mass is 10.1. The molecule has 1 N–H and O–H groups in total. The summed E-state index contributed by atoms with van der Waals surface area (Å²) in [5.74, 6) is -0.114. The smallest absolute Gasteiger partial charge is 0.257 e. The average molecular weight is 310 g/mol. The lowest BCUT2D eigenvalue weighted by Crippen LogP contribution is -2.11. The molecule has 2 aromatic carbocycles. The van der Waals surface area contributed by atoms with E-state index in [-0.39, 0.29) is 5.91 Å². The van der Waals surface area contributed by atoms with Gasteiger partial charge in [0.1, 0.15) is 0 Å². The SMILES string of the molecule is Cc1ccc(C(=O)Nc2nc3c(C)c(C)ccc3s2)cc1C. The number of nitrogens with one attached hydrogen (secondary N) is 1. The first-order chi connectivity index (χ1) is 10.5. The fraction of sp³-hybridized carbons (Fsp3) is 0.222. The van der Waals surface area contributed by atoms with Gasteiger partial charge >= 0.3 is 0 Å². The molecule has 1 amide bonds. The Morgan fingerprint density at radius 3 is 2.45 bits per heavy atom. The molecular weight excluding hydrogens is 292 g/mol. The van der Waals surface area contributed by atoms with Gasteiger partial charge in [-0.3, -0.25) is 10.1 Å². The van der Waals surface area contributed by atoms with Crippen LogP contribution in [0.1, 0.15) is 32.6 Å². The van der Waals surface area contributed by atoms with Crippen molar-refractivity contribution in [3.8, 4) is 0 Å². The number of anilines is 1. The van der Waals surface area contributed by atoms with Crippen LogP contribution >= 0.6 is 11.3 Å². The van der Waals surface area contributed by atoms with E-state index in [9.17, 15) is 4.79 Å². The molecule has 0 bridgehead atoms. The van der Waals surface area contributed by atoms with Crippen LogP contribution in [0.4, 0.5) is 5.13 Å². The zero-order valence-electron chi connectivity index (χ0n) is 13.2. The Kier molecular flexibility index (Phi) is 3.71. The van der Waals surface area contributed by atoms with Crippen molar-refractivity contribution in [3.05, 3.63) is 58.1 Å². The highest BCUT2D eigenvalue weighted by molar-refractivity contribution is 7.22. The van der Waals surface area contributed by atoms with Crippen molar-refractivity contribution in [1.82, 2.24) is 4.98 Å². The number of rotatable bonds is 2. The molecule has 0 aliphatic rings. The van der Waals surface area contributed by atoms with E-state index in [0.717, 1.165) is 15.8 Å². The Labute approximate surface area is 134 Å². The minimum atomic E-state index is -0.114. The number of carbonyl (C=O) groups is 1. The molecule has 112 valence electrons. The number of benzene rings is 2. The summed E-state index contributed by atoms with van der Waals surface area (Å²) < 4.78 is 1.10. The Morgan fingerprint density at radius 1 is 1.00 bits per heavy atom. The standard InChI is InChI=1S/C18H18N2OS/c1-10-5-7-14(9-12(10)3)17(21)20-18-19-16-13(4)11(2)6-8-15(16)22-18/h5-9H,1-4H3,(H,19,20,21). The summed E-state index contributed by atoms with van der Waals surface area (Å²) in [6.45, 7) is 8.18. The van der Waals surface area contributed by atoms with Crippen LogP contribution in [0, 0.1) is 27.7 Å². The Bertz CT molecular complexity index is 880. The average Bonchev–Trinajstić information content (AvgIpc) is 2.89. The third kappa shape index (κ3) is 2.62. The maximum Gasteiger partial charge on any atom is 0.257 e. The normalized spacial score (nSPS) is 10.9. The summed E-state index contributed by atoms with van der Waals surface area (Å²) in [6, 6.07) is 9.87. The molecule has 0 aliphatic heterocycles. The zero-order chi connectivity index (χ0) is 15.9. The van der Waals surface area contributed by atoms with E-state index >= 15 is 0 Å². The number of carbonyl (C=O) groups excluding carboxylic acids is 1. The number of thiazole rings is 1. The number of hydrogen-bond donors (Lipinski definition) is 1. The maximum absolute atomic E-state index is 12.4. The molecule has 0 radical (unpaired) electrons. The minimum absolute atomic E-state index is 0.114. The second-order valence-electron chi connectivity index (χ2n) is 5.63. The van der Waals surface area contributed by atoms with Crippen molar-refractivity contribution in [3.63, 3.8) is 0 Å². The molecular formula is C18H18N2OS. The van der Waals surface area contributed by atoms with Crippen LogP contribution in [-0.4, -0.2) is 10.9 Å². The van der Waals surface area contributed by atoms with Gasteiger partial charge < -0.3 is 0 Å². The quantitative estimate of drug-likeness (QED) is 0.740. The van der Waals surface area contributed by atoms with E-state index in [4.69, 9.17) is 0 Å². The van der Waals surface area contributed by atoms with E-state index in [1.165, 1.54) is 28.0 Å². The van der Waals surface area contributed by atoms with E-state index < -0.39 is 0 Å². The summed E-state index contributed by atoms with van der Waals surface area (Å²) >= 11 is 1.51. The van der Waals surface area contributed by atoms with Gasteiger partial charge in [0.05, 0.1) is 10.2 Å². The molecule has 0 saturated carbocycles. The predicted octanol–water partition coefficient (Wildman–Crippen LogP) is 4.78. The molecule has 0 unspecified atom stereocenters. The summed E-state index contributed by atoms with van der Waals surface area (Å²) in [5, 5.41) is 3.55. The largest absolute Gasteiger partial charge is 0.298 e. The van der Waals surface area contributed by atoms with Gasteiger partial charge in [0.25, 0.3) is 5.91 Å². The van der Waals surface area contributed by atoms with Crippen molar-refractivity contribution in [2.45, 2.75) is 27.7 Å². The number of amides is 1. The van der Waals surface area contributed by atoms with Crippen molar-refractivity contribution < 1.29 is 4.79 Å². The molecule has 4 heteroatoms. The molecule has 0 saturated heterocycles. The first-order valence-corrected chi connectivity index (χ1v) is 8.02. The molecule has 3 rings (SSSR count). The molecule has 3 aromatic rings. The topological polar surface area (TPSA) is 42.0 Å². The summed E-state index contributed by atoms with van der Waals surface area (Å²) in [5.41, 5.74) is 6.31. The van der Waals surface area contributed by atoms with Gasteiger partial charge in [-0.2, -0.15) is 0 Å². The molecule has 22 heavy (non-hydrogen) atoms. The second kappa shape index (κ2) is 5.54. The van der Waals surface area contributed by atoms with Gasteiger partial charge in [0, 0.05) is 5.56 Å². The van der Waals surface area contributed by atoms with Crippen LogP contribution in [0.3, 0.4) is 0 Å². The van der Waals surface area contributed by atoms with Crippen LogP contribution < -0.4 is 5.32 Å². The zero-order valence-corrected chi connectivity index (χ0v) is 14.0. The lowest BCUT2D eigenvalue weighted by Gasteiger charge is -2.04. The first kappa shape index (κ1) is 14.7. The van der Waals surface area contributed by atoms with Gasteiger partial charge in [0.2, 0.25) is 0 Å². The highest BCUT2D eigenvalue weighted by Gasteiger charge is 2.12. The second-order valence-corrected chi connectivity index (χ2v) is 6.66. The summed E-state index contributed by atoms with van der Waals surface area (Å²) in [6.07, 6.45) is 0. The molecule has 3 nitrogen and oxygen atoms in total. The van der Waals surface area contributed by atoms with Crippen molar-refractivity contribution in [2.24, 2.45) is 0 Å². The van der Waals surface area contributed by atoms with Gasteiger partial charge in [0.15, 0.2) is 5.13 Å². The third-order valence-corrected chi connectivity index (χ3v) is 5.01. The minimum Gasteiger partial charge on any atom is -0.298 e. The Morgan fingerprint density at radius 2 is 1.73 bits per heavy atom. The van der Waals surface area contributed by atoms with Crippen LogP contribution in [0.5, 0.6) is 0 Å². The van der Waals surface area contributed by atoms with E-state index in [2.05, 4.69) is 36.3 Å². The number of hydrogen-bond acceptors (Lipinski definition) is 3. The van der Waals surface area contributed by atoms with E-state index in [1.807, 2.05) is 32.0 Å². The highest BCUT2D eigenvalue weighted by atomic mass is 32.1. The van der Waals surface area contributed by atoms with Crippen molar-refractivity contribution in [1.29, 1.82) is 0 Å². The van der Waals surface area contributed by atoms with Crippen LogP contribution in [-0.2, 0) is 0 Å². The number of aromatic nitrogens is 1. The molecule has 0 atom stereocenters. The number of fused-ring (bicyclic) bond motifs is 1. The van der Waals surface area contributed by atoms with E-state index in [1.54, 1.807) is 0 Å². The third-order valence-electron chi connectivity index (χ3n) is 4.07. The molecule has 0 spiro atoms. The van der Waals surface area contributed by atoms with Crippen LogP contribution in [0.25, 0.3) is 10.2 Å². The van der Waals surface area contributed by atoms with Crippen LogP contribution in [0.15, 0.2) is 30.3 Å². The monoisotopic (exact) mass is 310 g/mol. The number of nitrogens with zero attached hydrogens (tertiary/aromatic N) is 1. The predicted molar refractivity (Wildman–Crippen MR) is 93.0 cm³/mol. The van der Waals surface area contributed by atoms with Gasteiger partial charge in [-0.25, -0.2) is 4.98 Å². The Balaban J connectivity index is 1.90. The maximum atomic E-state index is 12.4. The van der Waals surface area contributed by atoms with E-state index in [0.29, 0.717) is 10.7 Å². The first-order valence-electron chi connectivity index (χ1n) is 7.21. The van der Waals surface area contributed by atoms with Gasteiger partial charge in [-0.1, -0.05) is 23.5 Å². The Hall–Kier alpha value is -2.20. The fourth-order valence-corrected chi connectivity index (χ4v) is 3.25. The lowest BCUT2D eigenvalue weighted by molar-refractivity contribution is 0.102. The van der Waals surface area contributed by atoms with Gasteiger partial charge in [-0.15, -0.1) is 0 Å². The van der Waals surface area contributed by atoms with Gasteiger partial charge in [-0.05, 0) is 68.1 Å². The number of aryl methyl sites for hydroxylation is 4. The molecule has 1 aromatic heterocycles. The van der Waals surface area contributed by atoms with Crippen molar-refractivity contribution in [2.75, 3.05) is 5.32 Å². The van der Waals surface area contributed by atoms with Crippen molar-refractivity contribution >= 4 is 32.6 Å². The molecule has 1 heterocycles. The highest BCUT2D eigenvalue weighted by Crippen LogP contribution is 2.29.